The second-order valence-electron chi connectivity index (χ2n) is 6.99. The van der Waals surface area contributed by atoms with Crippen molar-refractivity contribution >= 4 is 5.91 Å². The van der Waals surface area contributed by atoms with Crippen molar-refractivity contribution in [3.8, 4) is 0 Å². The van der Waals surface area contributed by atoms with Crippen LogP contribution >= 0.6 is 0 Å². The summed E-state index contributed by atoms with van der Waals surface area (Å²) in [6.45, 7) is 6.53. The van der Waals surface area contributed by atoms with Crippen molar-refractivity contribution in [2.24, 2.45) is 5.92 Å². The molecule has 0 radical (unpaired) electrons. The lowest BCUT2D eigenvalue weighted by Gasteiger charge is -2.31. The molecule has 4 heteroatoms. The van der Waals surface area contributed by atoms with Crippen molar-refractivity contribution in [2.45, 2.75) is 25.8 Å². The van der Waals surface area contributed by atoms with Gasteiger partial charge in [0.15, 0.2) is 0 Å². The summed E-state index contributed by atoms with van der Waals surface area (Å²) in [7, 11) is 0. The number of rotatable bonds is 5. The maximum Gasteiger partial charge on any atom is 0.254 e. The van der Waals surface area contributed by atoms with Crippen LogP contribution in [-0.4, -0.2) is 36.5 Å². The van der Waals surface area contributed by atoms with Crippen LogP contribution in [0.2, 0.25) is 0 Å². The van der Waals surface area contributed by atoms with Crippen LogP contribution < -0.4 is 5.32 Å². The quantitative estimate of drug-likeness (QED) is 0.900. The van der Waals surface area contributed by atoms with Crippen molar-refractivity contribution in [1.82, 2.24) is 10.2 Å². The van der Waals surface area contributed by atoms with Gasteiger partial charge in [-0.15, -0.1) is 0 Å². The molecule has 132 valence electrons. The molecule has 0 bridgehead atoms. The van der Waals surface area contributed by atoms with E-state index >= 15 is 0 Å². The first-order chi connectivity index (χ1) is 12.1. The van der Waals surface area contributed by atoms with Crippen molar-refractivity contribution in [1.29, 1.82) is 0 Å². The Morgan fingerprint density at radius 3 is 2.44 bits per heavy atom. The van der Waals surface area contributed by atoms with Crippen LogP contribution in [-0.2, 0) is 0 Å². The minimum atomic E-state index is -0.214. The minimum Gasteiger partial charge on any atom is -0.336 e. The molecule has 0 aliphatic carbocycles. The van der Waals surface area contributed by atoms with E-state index in [1.807, 2.05) is 47.4 Å². The van der Waals surface area contributed by atoms with Crippen molar-refractivity contribution in [2.75, 3.05) is 19.6 Å². The molecule has 1 fully saturated rings. The van der Waals surface area contributed by atoms with E-state index in [1.54, 1.807) is 0 Å². The molecule has 3 rings (SSSR count). The Morgan fingerprint density at radius 2 is 1.80 bits per heavy atom. The zero-order valence-corrected chi connectivity index (χ0v) is 14.8. The van der Waals surface area contributed by atoms with Gasteiger partial charge in [0, 0.05) is 37.2 Å². The first kappa shape index (κ1) is 17.6. The monoisotopic (exact) mass is 340 g/mol. The van der Waals surface area contributed by atoms with Gasteiger partial charge in [0.1, 0.15) is 5.82 Å². The normalized spacial score (nSPS) is 20.0. The zero-order valence-electron chi connectivity index (χ0n) is 14.8. The SMILES string of the molecule is CC(C)N(CC1CNCC1c1ccc(F)cc1)C(=O)c1ccccc1. The molecule has 1 N–H and O–H groups in total. The molecule has 1 amide bonds. The number of carbonyl (C=O) groups is 1. The molecule has 2 atom stereocenters. The number of benzene rings is 2. The molecule has 2 aromatic rings. The van der Waals surface area contributed by atoms with Crippen LogP contribution in [0.25, 0.3) is 0 Å². The molecule has 0 spiro atoms. The highest BCUT2D eigenvalue weighted by atomic mass is 19.1. The summed E-state index contributed by atoms with van der Waals surface area (Å²) in [5.74, 6) is 0.473. The van der Waals surface area contributed by atoms with Crippen LogP contribution in [0.4, 0.5) is 4.39 Å². The number of amides is 1. The smallest absolute Gasteiger partial charge is 0.254 e. The van der Waals surface area contributed by atoms with E-state index in [2.05, 4.69) is 19.2 Å². The van der Waals surface area contributed by atoms with Crippen LogP contribution in [0.3, 0.4) is 0 Å². The minimum absolute atomic E-state index is 0.0698. The lowest BCUT2D eigenvalue weighted by atomic mass is 9.88. The van der Waals surface area contributed by atoms with Gasteiger partial charge in [0.25, 0.3) is 5.91 Å². The molecule has 0 aromatic heterocycles. The van der Waals surface area contributed by atoms with E-state index in [1.165, 1.54) is 12.1 Å². The van der Waals surface area contributed by atoms with Gasteiger partial charge in [0.2, 0.25) is 0 Å². The lowest BCUT2D eigenvalue weighted by Crippen LogP contribution is -2.41. The zero-order chi connectivity index (χ0) is 17.8. The van der Waals surface area contributed by atoms with Crippen molar-refractivity contribution in [3.63, 3.8) is 0 Å². The summed E-state index contributed by atoms with van der Waals surface area (Å²) in [4.78, 5) is 14.9. The Hall–Kier alpha value is -2.20. The van der Waals surface area contributed by atoms with Gasteiger partial charge in [-0.3, -0.25) is 4.79 Å². The average Bonchev–Trinajstić information content (AvgIpc) is 3.08. The van der Waals surface area contributed by atoms with E-state index in [-0.39, 0.29) is 17.8 Å². The average molecular weight is 340 g/mol. The van der Waals surface area contributed by atoms with E-state index in [4.69, 9.17) is 0 Å². The Balaban J connectivity index is 1.77. The molecule has 1 aliphatic rings. The highest BCUT2D eigenvalue weighted by molar-refractivity contribution is 5.94. The van der Waals surface area contributed by atoms with Crippen LogP contribution in [0.15, 0.2) is 54.6 Å². The highest BCUT2D eigenvalue weighted by Gasteiger charge is 2.32. The number of halogens is 1. The van der Waals surface area contributed by atoms with Crippen molar-refractivity contribution < 1.29 is 9.18 Å². The molecule has 1 saturated heterocycles. The Bertz CT molecular complexity index is 700. The third kappa shape index (κ3) is 4.07. The molecule has 2 unspecified atom stereocenters. The highest BCUT2D eigenvalue weighted by Crippen LogP contribution is 2.29. The second-order valence-corrected chi connectivity index (χ2v) is 6.99. The lowest BCUT2D eigenvalue weighted by molar-refractivity contribution is 0.0672. The molecular weight excluding hydrogens is 315 g/mol. The van der Waals surface area contributed by atoms with Gasteiger partial charge < -0.3 is 10.2 Å². The van der Waals surface area contributed by atoms with Crippen molar-refractivity contribution in [3.05, 3.63) is 71.5 Å². The summed E-state index contributed by atoms with van der Waals surface area (Å²) in [5, 5.41) is 3.43. The Kier molecular flexibility index (Phi) is 5.49. The molecule has 1 heterocycles. The number of nitrogens with zero attached hydrogens (tertiary/aromatic N) is 1. The fourth-order valence-electron chi connectivity index (χ4n) is 3.55. The fourth-order valence-corrected chi connectivity index (χ4v) is 3.55. The van der Waals surface area contributed by atoms with Gasteiger partial charge in [-0.05, 0) is 49.6 Å². The molecule has 3 nitrogen and oxygen atoms in total. The van der Waals surface area contributed by atoms with Gasteiger partial charge in [-0.25, -0.2) is 4.39 Å². The van der Waals surface area contributed by atoms with E-state index in [0.717, 1.165) is 24.2 Å². The Labute approximate surface area is 148 Å². The predicted octanol–water partition coefficient (Wildman–Crippen LogP) is 3.68. The summed E-state index contributed by atoms with van der Waals surface area (Å²) in [5.41, 5.74) is 1.85. The van der Waals surface area contributed by atoms with Gasteiger partial charge in [-0.2, -0.15) is 0 Å². The van der Waals surface area contributed by atoms with Crippen LogP contribution in [0.1, 0.15) is 35.7 Å². The Morgan fingerprint density at radius 1 is 1.12 bits per heavy atom. The van der Waals surface area contributed by atoms with Crippen LogP contribution in [0.5, 0.6) is 0 Å². The number of hydrogen-bond acceptors (Lipinski definition) is 2. The van der Waals surface area contributed by atoms with Crippen LogP contribution in [0, 0.1) is 11.7 Å². The molecule has 2 aromatic carbocycles. The van der Waals surface area contributed by atoms with Gasteiger partial charge in [-0.1, -0.05) is 30.3 Å². The number of hydrogen-bond donors (Lipinski definition) is 1. The molecule has 25 heavy (non-hydrogen) atoms. The standard InChI is InChI=1S/C21H25FN2O/c1-15(2)24(21(25)17-6-4-3-5-7-17)14-18-12-23-13-20(18)16-8-10-19(22)11-9-16/h3-11,15,18,20,23H,12-14H2,1-2H3. The number of carbonyl (C=O) groups excluding carboxylic acids is 1. The summed E-state index contributed by atoms with van der Waals surface area (Å²) in [6, 6.07) is 16.3. The van der Waals surface area contributed by atoms with E-state index in [9.17, 15) is 9.18 Å². The summed E-state index contributed by atoms with van der Waals surface area (Å²) >= 11 is 0. The number of nitrogens with one attached hydrogen (secondary N) is 1. The van der Waals surface area contributed by atoms with E-state index in [0.29, 0.717) is 18.4 Å². The maximum atomic E-state index is 13.2. The largest absolute Gasteiger partial charge is 0.336 e. The first-order valence-corrected chi connectivity index (χ1v) is 8.88. The van der Waals surface area contributed by atoms with Gasteiger partial charge in [0.05, 0.1) is 0 Å². The topological polar surface area (TPSA) is 32.3 Å². The molecular formula is C21H25FN2O. The maximum absolute atomic E-state index is 13.2. The predicted molar refractivity (Wildman–Crippen MR) is 98.1 cm³/mol. The summed E-state index contributed by atoms with van der Waals surface area (Å²) < 4.78 is 13.2. The van der Waals surface area contributed by atoms with E-state index < -0.39 is 0 Å². The van der Waals surface area contributed by atoms with Gasteiger partial charge >= 0.3 is 0 Å². The third-order valence-corrected chi connectivity index (χ3v) is 4.97. The first-order valence-electron chi connectivity index (χ1n) is 8.88. The molecule has 1 aliphatic heterocycles. The fraction of sp³-hybridized carbons (Fsp3) is 0.381. The third-order valence-electron chi connectivity index (χ3n) is 4.97. The molecule has 0 saturated carbocycles. The summed E-state index contributed by atoms with van der Waals surface area (Å²) in [6.07, 6.45) is 0. The second kappa shape index (κ2) is 7.79.